The van der Waals surface area contributed by atoms with E-state index in [4.69, 9.17) is 0 Å². The Morgan fingerprint density at radius 3 is 0.791 bits per heavy atom. The summed E-state index contributed by atoms with van der Waals surface area (Å²) >= 11 is 0.0736. The number of carbonyl (C=O) groups is 8. The standard InChI is InChI=1S/2C8H10O5.2C8H17.Sn/c2*1-4(9)8(5(2)10,6(3)11)7(12)13;2*1-3-5-7-8-6-4-2;/h2*1-3H3,(H,12,13);2*1,3-8H2,2H3;/q;;;;+2/p-2. The number of unbranched alkanes of at least 4 members (excludes halogenated alkanes) is 10. The van der Waals surface area contributed by atoms with Crippen LogP contribution in [0, 0.1) is 10.8 Å². The van der Waals surface area contributed by atoms with Crippen LogP contribution in [0.2, 0.25) is 8.87 Å². The van der Waals surface area contributed by atoms with Gasteiger partial charge in [-0.25, -0.2) is 0 Å². The van der Waals surface area contributed by atoms with Crippen molar-refractivity contribution in [2.75, 3.05) is 0 Å². The van der Waals surface area contributed by atoms with Gasteiger partial charge in [-0.1, -0.05) is 0 Å². The zero-order valence-corrected chi connectivity index (χ0v) is 30.3. The first-order valence-electron chi connectivity index (χ1n) is 15.2. The summed E-state index contributed by atoms with van der Waals surface area (Å²) in [6, 6.07) is 0. The van der Waals surface area contributed by atoms with Crippen molar-refractivity contribution in [2.24, 2.45) is 10.8 Å². The van der Waals surface area contributed by atoms with Crippen LogP contribution in [0.5, 0.6) is 0 Å². The van der Waals surface area contributed by atoms with Crippen LogP contribution in [0.4, 0.5) is 0 Å². The van der Waals surface area contributed by atoms with Gasteiger partial charge in [0.1, 0.15) is 0 Å². The average molecular weight is 715 g/mol. The molecule has 0 aromatic heterocycles. The molecule has 0 fully saturated rings. The van der Waals surface area contributed by atoms with E-state index in [0.717, 1.165) is 41.5 Å². The van der Waals surface area contributed by atoms with E-state index >= 15 is 0 Å². The van der Waals surface area contributed by atoms with Crippen LogP contribution in [-0.2, 0) is 38.4 Å². The average Bonchev–Trinajstić information content (AvgIpc) is 2.86. The molecule has 0 aromatic rings. The molecule has 0 aliphatic rings. The van der Waals surface area contributed by atoms with Gasteiger partial charge in [-0.15, -0.1) is 0 Å². The SMILES string of the molecule is CC(=O)C(C(C)=O)(C(C)=O)C(=O)[O-].CC(=O)C(C(C)=O)(C(C)=O)C(=O)[O-].CCCCCCC[CH2][Sn+2][CH2]CCCCCCC. The van der Waals surface area contributed by atoms with Gasteiger partial charge in [0.2, 0.25) is 0 Å². The molecular weight excluding hydrogens is 663 g/mol. The van der Waals surface area contributed by atoms with Gasteiger partial charge in [0.05, 0.1) is 11.9 Å². The van der Waals surface area contributed by atoms with E-state index in [0.29, 0.717) is 0 Å². The van der Waals surface area contributed by atoms with Crippen LogP contribution in [0.25, 0.3) is 0 Å². The third kappa shape index (κ3) is 15.9. The number of hydrogen-bond donors (Lipinski definition) is 0. The molecule has 0 rings (SSSR count). The first-order chi connectivity index (χ1) is 20.0. The van der Waals surface area contributed by atoms with Gasteiger partial charge in [-0.05, 0) is 41.5 Å². The number of carboxylic acid groups (broad SMARTS) is 2. The topological polar surface area (TPSA) is 183 Å². The molecule has 0 unspecified atom stereocenters. The van der Waals surface area contributed by atoms with Gasteiger partial charge in [0, 0.05) is 0 Å². The second-order valence-electron chi connectivity index (χ2n) is 10.7. The Morgan fingerprint density at radius 1 is 0.419 bits per heavy atom. The molecular formula is C32H52O10Sn. The summed E-state index contributed by atoms with van der Waals surface area (Å²) in [5.41, 5.74) is -5.22. The van der Waals surface area contributed by atoms with E-state index in [9.17, 15) is 48.6 Å². The summed E-state index contributed by atoms with van der Waals surface area (Å²) in [7, 11) is 0. The Morgan fingerprint density at radius 2 is 0.628 bits per heavy atom. The summed E-state index contributed by atoms with van der Waals surface area (Å²) in [6.45, 7) is 9.84. The third-order valence-electron chi connectivity index (χ3n) is 7.20. The molecule has 10 nitrogen and oxygen atoms in total. The first-order valence-corrected chi connectivity index (χ1v) is 19.2. The zero-order chi connectivity index (χ0) is 34.2. The summed E-state index contributed by atoms with van der Waals surface area (Å²) < 4.78 is 3.31. The van der Waals surface area contributed by atoms with Crippen molar-refractivity contribution in [1.82, 2.24) is 0 Å². The third-order valence-corrected chi connectivity index (χ3v) is 11.2. The molecule has 0 saturated carbocycles. The molecule has 43 heavy (non-hydrogen) atoms. The first kappa shape index (κ1) is 45.2. The normalized spacial score (nSPS) is 10.6. The van der Waals surface area contributed by atoms with E-state index in [1.807, 2.05) is 0 Å². The molecule has 0 radical (unpaired) electrons. The van der Waals surface area contributed by atoms with Gasteiger partial charge in [-0.2, -0.15) is 0 Å². The molecule has 0 aliphatic carbocycles. The Labute approximate surface area is 267 Å². The fraction of sp³-hybridized carbons (Fsp3) is 0.750. The molecule has 0 spiro atoms. The Bertz CT molecular complexity index is 741. The van der Waals surface area contributed by atoms with Crippen molar-refractivity contribution in [3.8, 4) is 0 Å². The van der Waals surface area contributed by atoms with Crippen LogP contribution < -0.4 is 10.2 Å². The van der Waals surface area contributed by atoms with Crippen LogP contribution >= 0.6 is 0 Å². The molecule has 0 heterocycles. The minimum absolute atomic E-state index is 0.0736. The van der Waals surface area contributed by atoms with Crippen molar-refractivity contribution >= 4 is 67.8 Å². The number of rotatable bonds is 22. The zero-order valence-electron chi connectivity index (χ0n) is 27.5. The summed E-state index contributed by atoms with van der Waals surface area (Å²) in [5.74, 6) is -10.0. The fourth-order valence-corrected chi connectivity index (χ4v) is 8.10. The van der Waals surface area contributed by atoms with Crippen molar-refractivity contribution in [2.45, 2.75) is 141 Å². The predicted octanol–water partition coefficient (Wildman–Crippen LogP) is 3.23. The van der Waals surface area contributed by atoms with Gasteiger partial charge >= 0.3 is 121 Å². The molecule has 244 valence electrons. The number of aliphatic carboxylic acids is 2. The minimum atomic E-state index is -2.61. The van der Waals surface area contributed by atoms with Crippen molar-refractivity contribution in [3.05, 3.63) is 0 Å². The van der Waals surface area contributed by atoms with E-state index in [-0.39, 0.29) is 21.1 Å². The number of hydrogen-bond acceptors (Lipinski definition) is 10. The molecule has 0 aliphatic heterocycles. The van der Waals surface area contributed by atoms with E-state index < -0.39 is 57.5 Å². The Kier molecular flexibility index (Phi) is 26.4. The maximum atomic E-state index is 10.9. The Balaban J connectivity index is -0.000000566. The summed E-state index contributed by atoms with van der Waals surface area (Å²) in [4.78, 5) is 86.7. The molecule has 0 bridgehead atoms. The second kappa shape index (κ2) is 25.1. The molecule has 0 aromatic carbocycles. The van der Waals surface area contributed by atoms with Crippen molar-refractivity contribution in [3.63, 3.8) is 0 Å². The molecule has 0 saturated heterocycles. The van der Waals surface area contributed by atoms with Gasteiger partial charge in [0.15, 0.2) is 45.5 Å². The van der Waals surface area contributed by atoms with E-state index in [1.54, 1.807) is 21.7 Å². The van der Waals surface area contributed by atoms with Gasteiger partial charge in [-0.3, -0.25) is 28.8 Å². The molecule has 0 N–H and O–H groups in total. The van der Waals surface area contributed by atoms with E-state index in [2.05, 4.69) is 13.8 Å². The van der Waals surface area contributed by atoms with Gasteiger partial charge in [0.25, 0.3) is 0 Å². The Hall–Kier alpha value is -2.24. The molecule has 11 heteroatoms. The number of carbonyl (C=O) groups excluding carboxylic acids is 8. The second-order valence-corrected chi connectivity index (χ2v) is 15.0. The van der Waals surface area contributed by atoms with Gasteiger partial charge < -0.3 is 19.8 Å². The van der Waals surface area contributed by atoms with Crippen LogP contribution in [-0.4, -0.2) is 67.8 Å². The quantitative estimate of drug-likeness (QED) is 0.0917. The molecule has 0 atom stereocenters. The van der Waals surface area contributed by atoms with Crippen molar-refractivity contribution in [1.29, 1.82) is 0 Å². The van der Waals surface area contributed by atoms with Crippen LogP contribution in [0.15, 0.2) is 0 Å². The number of ketones is 6. The van der Waals surface area contributed by atoms with E-state index in [1.165, 1.54) is 64.2 Å². The summed E-state index contributed by atoms with van der Waals surface area (Å²) in [5, 5.41) is 21.1. The monoisotopic (exact) mass is 716 g/mol. The number of Topliss-reactive ketones (excluding diaryl/α,β-unsaturated/α-hetero) is 6. The fourth-order valence-electron chi connectivity index (χ4n) is 4.54. The predicted molar refractivity (Wildman–Crippen MR) is 161 cm³/mol. The summed E-state index contributed by atoms with van der Waals surface area (Å²) in [6.07, 6.45) is 17.8. The number of carboxylic acids is 2. The maximum absolute atomic E-state index is 10.9. The van der Waals surface area contributed by atoms with Crippen LogP contribution in [0.3, 0.4) is 0 Å². The van der Waals surface area contributed by atoms with Crippen molar-refractivity contribution < 1.29 is 48.6 Å². The van der Waals surface area contributed by atoms with Crippen LogP contribution in [0.1, 0.15) is 132 Å². The molecule has 0 amide bonds.